The standard InChI is InChI=1S/C12H23N3O.ClH/c1-14(11(8-13)10-4-5-10)9-12(16)15-6-2-3-7-15;/h10-11H,2-9,13H2,1H3;1H. The molecule has 2 aliphatic rings. The van der Waals surface area contributed by atoms with Gasteiger partial charge in [0.25, 0.3) is 0 Å². The number of carbonyl (C=O) groups excluding carboxylic acids is 1. The van der Waals surface area contributed by atoms with Gasteiger partial charge in [-0.15, -0.1) is 12.4 Å². The Hall–Kier alpha value is -0.320. The van der Waals surface area contributed by atoms with Crippen molar-refractivity contribution in [2.24, 2.45) is 11.7 Å². The number of hydrogen-bond acceptors (Lipinski definition) is 3. The van der Waals surface area contributed by atoms with Crippen molar-refractivity contribution in [1.29, 1.82) is 0 Å². The third kappa shape index (κ3) is 3.83. The van der Waals surface area contributed by atoms with Gasteiger partial charge in [-0.1, -0.05) is 0 Å². The van der Waals surface area contributed by atoms with Crippen LogP contribution in [-0.4, -0.2) is 55.0 Å². The van der Waals surface area contributed by atoms with E-state index in [-0.39, 0.29) is 18.3 Å². The molecule has 17 heavy (non-hydrogen) atoms. The molecule has 0 aromatic rings. The monoisotopic (exact) mass is 261 g/mol. The van der Waals surface area contributed by atoms with Crippen molar-refractivity contribution in [2.75, 3.05) is 33.2 Å². The molecule has 1 saturated heterocycles. The van der Waals surface area contributed by atoms with E-state index in [1.54, 1.807) is 0 Å². The van der Waals surface area contributed by atoms with Crippen LogP contribution >= 0.6 is 12.4 Å². The van der Waals surface area contributed by atoms with Gasteiger partial charge in [-0.2, -0.15) is 0 Å². The number of likely N-dealkylation sites (N-methyl/N-ethyl adjacent to an activating group) is 1. The molecule has 2 rings (SSSR count). The Morgan fingerprint density at radius 2 is 2.00 bits per heavy atom. The molecule has 1 aliphatic heterocycles. The Balaban J connectivity index is 0.00000144. The summed E-state index contributed by atoms with van der Waals surface area (Å²) in [7, 11) is 2.03. The summed E-state index contributed by atoms with van der Waals surface area (Å²) in [6.45, 7) is 3.11. The first-order valence-electron chi connectivity index (χ1n) is 6.40. The Labute approximate surface area is 110 Å². The highest BCUT2D eigenvalue weighted by Crippen LogP contribution is 2.34. The second-order valence-electron chi connectivity index (χ2n) is 5.14. The Bertz CT molecular complexity index is 252. The lowest BCUT2D eigenvalue weighted by Gasteiger charge is -2.28. The Kier molecular flexibility index (Phi) is 5.70. The summed E-state index contributed by atoms with van der Waals surface area (Å²) in [6, 6.07) is 0.409. The lowest BCUT2D eigenvalue weighted by Crippen LogP contribution is -2.45. The molecule has 0 spiro atoms. The highest BCUT2D eigenvalue weighted by Gasteiger charge is 2.34. The van der Waals surface area contributed by atoms with Crippen LogP contribution in [0.3, 0.4) is 0 Å². The third-order valence-electron chi connectivity index (χ3n) is 3.82. The maximum absolute atomic E-state index is 12.0. The van der Waals surface area contributed by atoms with Gasteiger partial charge in [0.15, 0.2) is 0 Å². The van der Waals surface area contributed by atoms with Crippen LogP contribution in [0.2, 0.25) is 0 Å². The molecule has 1 saturated carbocycles. The van der Waals surface area contributed by atoms with E-state index in [1.165, 1.54) is 25.7 Å². The van der Waals surface area contributed by atoms with Crippen molar-refractivity contribution in [1.82, 2.24) is 9.80 Å². The minimum absolute atomic E-state index is 0. The van der Waals surface area contributed by atoms with E-state index in [9.17, 15) is 4.79 Å². The fourth-order valence-electron chi connectivity index (χ4n) is 2.61. The van der Waals surface area contributed by atoms with Gasteiger partial charge in [0.1, 0.15) is 0 Å². The summed E-state index contributed by atoms with van der Waals surface area (Å²) < 4.78 is 0. The maximum atomic E-state index is 12.0. The predicted molar refractivity (Wildman–Crippen MR) is 71.3 cm³/mol. The molecule has 1 unspecified atom stereocenters. The van der Waals surface area contributed by atoms with Gasteiger partial charge in [0.05, 0.1) is 6.54 Å². The van der Waals surface area contributed by atoms with Crippen molar-refractivity contribution in [3.8, 4) is 0 Å². The van der Waals surface area contributed by atoms with E-state index in [0.29, 0.717) is 19.1 Å². The van der Waals surface area contributed by atoms with Crippen molar-refractivity contribution in [3.63, 3.8) is 0 Å². The van der Waals surface area contributed by atoms with Gasteiger partial charge in [-0.3, -0.25) is 9.69 Å². The molecule has 1 aliphatic carbocycles. The molecule has 2 fully saturated rings. The number of likely N-dealkylation sites (tertiary alicyclic amines) is 1. The number of rotatable bonds is 5. The highest BCUT2D eigenvalue weighted by molar-refractivity contribution is 5.85. The van der Waals surface area contributed by atoms with E-state index in [2.05, 4.69) is 4.90 Å². The summed E-state index contributed by atoms with van der Waals surface area (Å²) in [4.78, 5) is 16.1. The Morgan fingerprint density at radius 1 is 1.41 bits per heavy atom. The molecule has 100 valence electrons. The quantitative estimate of drug-likeness (QED) is 0.793. The molecular weight excluding hydrogens is 238 g/mol. The fraction of sp³-hybridized carbons (Fsp3) is 0.917. The van der Waals surface area contributed by atoms with Gasteiger partial charge in [0.2, 0.25) is 5.91 Å². The van der Waals surface area contributed by atoms with Crippen LogP contribution in [-0.2, 0) is 4.79 Å². The summed E-state index contributed by atoms with van der Waals surface area (Å²) in [5.74, 6) is 1.01. The van der Waals surface area contributed by atoms with E-state index in [4.69, 9.17) is 5.73 Å². The summed E-state index contributed by atoms with van der Waals surface area (Å²) >= 11 is 0. The van der Waals surface area contributed by atoms with Crippen molar-refractivity contribution >= 4 is 18.3 Å². The van der Waals surface area contributed by atoms with E-state index in [0.717, 1.165) is 19.0 Å². The first-order chi connectivity index (χ1) is 7.72. The smallest absolute Gasteiger partial charge is 0.236 e. The second kappa shape index (κ2) is 6.57. The van der Waals surface area contributed by atoms with E-state index < -0.39 is 0 Å². The molecular formula is C12H24ClN3O. The average Bonchev–Trinajstić information content (AvgIpc) is 2.94. The molecule has 0 bridgehead atoms. The molecule has 0 aromatic carbocycles. The van der Waals surface area contributed by atoms with E-state index in [1.807, 2.05) is 11.9 Å². The molecule has 1 heterocycles. The Morgan fingerprint density at radius 3 is 2.47 bits per heavy atom. The van der Waals surface area contributed by atoms with Gasteiger partial charge < -0.3 is 10.6 Å². The molecule has 0 radical (unpaired) electrons. The minimum atomic E-state index is 0. The van der Waals surface area contributed by atoms with Gasteiger partial charge >= 0.3 is 0 Å². The van der Waals surface area contributed by atoms with Crippen molar-refractivity contribution in [2.45, 2.75) is 31.7 Å². The van der Waals surface area contributed by atoms with Crippen LogP contribution in [0.1, 0.15) is 25.7 Å². The highest BCUT2D eigenvalue weighted by atomic mass is 35.5. The number of carbonyl (C=O) groups is 1. The zero-order valence-electron chi connectivity index (χ0n) is 10.6. The average molecular weight is 262 g/mol. The van der Waals surface area contributed by atoms with Gasteiger partial charge in [0, 0.05) is 25.7 Å². The number of amides is 1. The largest absolute Gasteiger partial charge is 0.342 e. The van der Waals surface area contributed by atoms with Crippen LogP contribution in [0.15, 0.2) is 0 Å². The van der Waals surface area contributed by atoms with Gasteiger partial charge in [-0.25, -0.2) is 0 Å². The van der Waals surface area contributed by atoms with Crippen LogP contribution in [0.25, 0.3) is 0 Å². The summed E-state index contributed by atoms with van der Waals surface area (Å²) in [5, 5.41) is 0. The maximum Gasteiger partial charge on any atom is 0.236 e. The molecule has 1 atom stereocenters. The number of halogens is 1. The fourth-order valence-corrected chi connectivity index (χ4v) is 2.61. The van der Waals surface area contributed by atoms with Crippen LogP contribution in [0.4, 0.5) is 0 Å². The molecule has 2 N–H and O–H groups in total. The third-order valence-corrected chi connectivity index (χ3v) is 3.82. The minimum Gasteiger partial charge on any atom is -0.342 e. The zero-order chi connectivity index (χ0) is 11.5. The van der Waals surface area contributed by atoms with Crippen molar-refractivity contribution in [3.05, 3.63) is 0 Å². The normalized spacial score (nSPS) is 21.5. The SMILES string of the molecule is CN(CC(=O)N1CCCC1)C(CN)C1CC1.Cl. The van der Waals surface area contributed by atoms with Crippen LogP contribution < -0.4 is 5.73 Å². The second-order valence-corrected chi connectivity index (χ2v) is 5.14. The van der Waals surface area contributed by atoms with Crippen LogP contribution in [0.5, 0.6) is 0 Å². The summed E-state index contributed by atoms with van der Waals surface area (Å²) in [5.41, 5.74) is 5.78. The summed E-state index contributed by atoms with van der Waals surface area (Å²) in [6.07, 6.45) is 4.89. The van der Waals surface area contributed by atoms with Gasteiger partial charge in [-0.05, 0) is 38.6 Å². The molecule has 1 amide bonds. The first-order valence-corrected chi connectivity index (χ1v) is 6.40. The first kappa shape index (κ1) is 14.7. The van der Waals surface area contributed by atoms with E-state index >= 15 is 0 Å². The number of hydrogen-bond donors (Lipinski definition) is 1. The zero-order valence-corrected chi connectivity index (χ0v) is 11.4. The van der Waals surface area contributed by atoms with Crippen molar-refractivity contribution < 1.29 is 4.79 Å². The topological polar surface area (TPSA) is 49.6 Å². The lowest BCUT2D eigenvalue weighted by molar-refractivity contribution is -0.131. The molecule has 4 nitrogen and oxygen atoms in total. The number of nitrogens with zero attached hydrogens (tertiary/aromatic N) is 2. The van der Waals surface area contributed by atoms with Crippen LogP contribution in [0, 0.1) is 5.92 Å². The number of nitrogens with two attached hydrogens (primary N) is 1. The molecule has 0 aromatic heterocycles. The lowest BCUT2D eigenvalue weighted by atomic mass is 10.1. The molecule has 5 heteroatoms. The predicted octanol–water partition coefficient (Wildman–Crippen LogP) is 0.700.